The van der Waals surface area contributed by atoms with E-state index in [1.807, 2.05) is 17.9 Å². The predicted octanol–water partition coefficient (Wildman–Crippen LogP) is 3.50. The van der Waals surface area contributed by atoms with E-state index in [4.69, 9.17) is 5.11 Å². The monoisotopic (exact) mass is 335 g/mol. The number of carbonyl (C=O) groups excluding carboxylic acids is 1. The Bertz CT molecular complexity index is 575. The highest BCUT2D eigenvalue weighted by Gasteiger charge is 2.25. The summed E-state index contributed by atoms with van der Waals surface area (Å²) in [5, 5.41) is 8.79. The lowest BCUT2D eigenvalue weighted by atomic mass is 9.92. The third-order valence-electron chi connectivity index (χ3n) is 4.63. The smallest absolute Gasteiger partial charge is 0.303 e. The number of benzene rings is 1. The molecule has 0 bridgehead atoms. The fourth-order valence-corrected chi connectivity index (χ4v) is 3.42. The molecule has 132 valence electrons. The number of halogens is 1. The molecule has 5 heteroatoms. The van der Waals surface area contributed by atoms with Gasteiger partial charge in [-0.15, -0.1) is 0 Å². The van der Waals surface area contributed by atoms with Crippen molar-refractivity contribution in [2.24, 2.45) is 11.8 Å². The summed E-state index contributed by atoms with van der Waals surface area (Å²) < 4.78 is 13.2. The highest BCUT2D eigenvalue weighted by Crippen LogP contribution is 2.23. The molecule has 2 atom stereocenters. The minimum absolute atomic E-state index is 0.124. The molecule has 1 amide bonds. The molecule has 1 heterocycles. The Labute approximate surface area is 142 Å². The van der Waals surface area contributed by atoms with Gasteiger partial charge in [0.25, 0.3) is 0 Å². The van der Waals surface area contributed by atoms with E-state index in [2.05, 4.69) is 0 Å². The second-order valence-corrected chi connectivity index (χ2v) is 6.92. The largest absolute Gasteiger partial charge is 0.481 e. The number of hydrogen-bond donors (Lipinski definition) is 1. The summed E-state index contributed by atoms with van der Waals surface area (Å²) >= 11 is 0. The van der Waals surface area contributed by atoms with Crippen molar-refractivity contribution < 1.29 is 19.1 Å². The van der Waals surface area contributed by atoms with Crippen molar-refractivity contribution in [2.45, 2.75) is 45.4 Å². The third kappa shape index (κ3) is 5.95. The van der Waals surface area contributed by atoms with Gasteiger partial charge in [-0.2, -0.15) is 0 Å². The van der Waals surface area contributed by atoms with Crippen LogP contribution in [0, 0.1) is 17.7 Å². The van der Waals surface area contributed by atoms with Gasteiger partial charge in [-0.25, -0.2) is 4.39 Å². The van der Waals surface area contributed by atoms with Gasteiger partial charge in [0, 0.05) is 25.9 Å². The van der Waals surface area contributed by atoms with Crippen LogP contribution in [0.15, 0.2) is 24.3 Å². The summed E-state index contributed by atoms with van der Waals surface area (Å²) in [5.74, 6) is -0.458. The minimum atomic E-state index is -0.776. The molecule has 4 nitrogen and oxygen atoms in total. The Kier molecular flexibility index (Phi) is 6.76. The van der Waals surface area contributed by atoms with Gasteiger partial charge in [0.1, 0.15) is 5.82 Å². The Hall–Kier alpha value is -1.91. The van der Waals surface area contributed by atoms with Gasteiger partial charge < -0.3 is 10.0 Å². The van der Waals surface area contributed by atoms with Crippen LogP contribution in [-0.2, 0) is 16.0 Å². The molecule has 0 aromatic heterocycles. The first-order valence-corrected chi connectivity index (χ1v) is 8.68. The van der Waals surface area contributed by atoms with Gasteiger partial charge >= 0.3 is 5.97 Å². The maximum absolute atomic E-state index is 13.2. The zero-order chi connectivity index (χ0) is 17.5. The molecule has 1 fully saturated rings. The Morgan fingerprint density at radius 3 is 2.92 bits per heavy atom. The van der Waals surface area contributed by atoms with Crippen LogP contribution in [0.4, 0.5) is 4.39 Å². The van der Waals surface area contributed by atoms with Crippen molar-refractivity contribution >= 4 is 11.9 Å². The van der Waals surface area contributed by atoms with Crippen LogP contribution in [0.3, 0.4) is 0 Å². The van der Waals surface area contributed by atoms with Gasteiger partial charge in [-0.05, 0) is 55.2 Å². The number of aliphatic carboxylic acids is 1. The maximum atomic E-state index is 13.2. The Morgan fingerprint density at radius 2 is 2.21 bits per heavy atom. The number of amides is 1. The molecule has 0 aliphatic carbocycles. The fourth-order valence-electron chi connectivity index (χ4n) is 3.42. The summed E-state index contributed by atoms with van der Waals surface area (Å²) in [6.45, 7) is 3.43. The second kappa shape index (κ2) is 8.81. The first kappa shape index (κ1) is 18.4. The van der Waals surface area contributed by atoms with Crippen LogP contribution in [0.5, 0.6) is 0 Å². The predicted molar refractivity (Wildman–Crippen MR) is 90.1 cm³/mol. The van der Waals surface area contributed by atoms with Gasteiger partial charge in [-0.3, -0.25) is 9.59 Å². The average molecular weight is 335 g/mol. The lowest BCUT2D eigenvalue weighted by Crippen LogP contribution is -2.40. The number of likely N-dealkylation sites (tertiary alicyclic amines) is 1. The van der Waals surface area contributed by atoms with E-state index in [9.17, 15) is 14.0 Å². The Morgan fingerprint density at radius 1 is 1.42 bits per heavy atom. The summed E-state index contributed by atoms with van der Waals surface area (Å²) in [7, 11) is 0. The van der Waals surface area contributed by atoms with Crippen LogP contribution in [-0.4, -0.2) is 35.0 Å². The molecule has 1 aromatic rings. The normalized spacial score (nSPS) is 19.1. The van der Waals surface area contributed by atoms with Gasteiger partial charge in [-0.1, -0.05) is 19.1 Å². The van der Waals surface area contributed by atoms with E-state index in [0.717, 1.165) is 24.9 Å². The molecule has 1 saturated heterocycles. The van der Waals surface area contributed by atoms with E-state index >= 15 is 0 Å². The van der Waals surface area contributed by atoms with Crippen molar-refractivity contribution in [1.82, 2.24) is 4.90 Å². The summed E-state index contributed by atoms with van der Waals surface area (Å²) in [6.07, 6.45) is 3.87. The standard InChI is InChI=1S/C19H26FNO3/c1-14(10-16-4-2-6-17(20)12-16)11-18(22)21-9-3-5-15(13-21)7-8-19(23)24/h2,4,6,12,14-15H,3,5,7-11,13H2,1H3,(H,23,24)/t14-,15+/m0/s1. The summed E-state index contributed by atoms with van der Waals surface area (Å²) in [5.41, 5.74) is 0.910. The first-order chi connectivity index (χ1) is 11.4. The van der Waals surface area contributed by atoms with E-state index < -0.39 is 5.97 Å². The third-order valence-corrected chi connectivity index (χ3v) is 4.63. The van der Waals surface area contributed by atoms with E-state index in [1.165, 1.54) is 12.1 Å². The molecule has 0 saturated carbocycles. The van der Waals surface area contributed by atoms with Gasteiger partial charge in [0.2, 0.25) is 5.91 Å². The van der Waals surface area contributed by atoms with Crippen LogP contribution < -0.4 is 0 Å². The number of hydrogen-bond acceptors (Lipinski definition) is 2. The first-order valence-electron chi connectivity index (χ1n) is 8.68. The number of rotatable bonds is 7. The van der Waals surface area contributed by atoms with E-state index in [-0.39, 0.29) is 30.0 Å². The molecule has 1 aliphatic rings. The highest BCUT2D eigenvalue weighted by atomic mass is 19.1. The maximum Gasteiger partial charge on any atom is 0.303 e. The number of piperidine rings is 1. The lowest BCUT2D eigenvalue weighted by Gasteiger charge is -2.33. The van der Waals surface area contributed by atoms with Crippen molar-refractivity contribution in [1.29, 1.82) is 0 Å². The fraction of sp³-hybridized carbons (Fsp3) is 0.579. The summed E-state index contributed by atoms with van der Waals surface area (Å²) in [6, 6.07) is 6.51. The van der Waals surface area contributed by atoms with Crippen LogP contribution in [0.25, 0.3) is 0 Å². The molecule has 0 radical (unpaired) electrons. The number of carboxylic acids is 1. The number of carbonyl (C=O) groups is 2. The van der Waals surface area contributed by atoms with Crippen molar-refractivity contribution in [2.75, 3.05) is 13.1 Å². The quantitative estimate of drug-likeness (QED) is 0.830. The highest BCUT2D eigenvalue weighted by molar-refractivity contribution is 5.76. The van der Waals surface area contributed by atoms with Crippen molar-refractivity contribution in [3.05, 3.63) is 35.6 Å². The summed E-state index contributed by atoms with van der Waals surface area (Å²) in [4.78, 5) is 25.1. The molecule has 1 aromatic carbocycles. The SMILES string of the molecule is C[C@H](CC(=O)N1CCC[C@H](CCC(=O)O)C1)Cc1cccc(F)c1. The topological polar surface area (TPSA) is 57.6 Å². The van der Waals surface area contributed by atoms with Crippen molar-refractivity contribution in [3.8, 4) is 0 Å². The minimum Gasteiger partial charge on any atom is -0.481 e. The van der Waals surface area contributed by atoms with Crippen LogP contribution in [0.1, 0.15) is 44.6 Å². The van der Waals surface area contributed by atoms with Crippen molar-refractivity contribution in [3.63, 3.8) is 0 Å². The molecule has 1 N–H and O–H groups in total. The molecule has 0 unspecified atom stereocenters. The van der Waals surface area contributed by atoms with Crippen LogP contribution >= 0.6 is 0 Å². The number of carboxylic acid groups (broad SMARTS) is 1. The lowest BCUT2D eigenvalue weighted by molar-refractivity contribution is -0.137. The van der Waals surface area contributed by atoms with Gasteiger partial charge in [0.15, 0.2) is 0 Å². The molecule has 24 heavy (non-hydrogen) atoms. The molecule has 0 spiro atoms. The number of nitrogens with zero attached hydrogens (tertiary/aromatic N) is 1. The zero-order valence-electron chi connectivity index (χ0n) is 14.2. The molecular weight excluding hydrogens is 309 g/mol. The van der Waals surface area contributed by atoms with E-state index in [1.54, 1.807) is 6.07 Å². The molecular formula is C19H26FNO3. The van der Waals surface area contributed by atoms with Crippen LogP contribution in [0.2, 0.25) is 0 Å². The zero-order valence-corrected chi connectivity index (χ0v) is 14.2. The Balaban J connectivity index is 1.81. The molecule has 1 aliphatic heterocycles. The average Bonchev–Trinajstić information content (AvgIpc) is 2.53. The molecule has 2 rings (SSSR count). The second-order valence-electron chi connectivity index (χ2n) is 6.92. The van der Waals surface area contributed by atoms with Gasteiger partial charge in [0.05, 0.1) is 0 Å². The van der Waals surface area contributed by atoms with E-state index in [0.29, 0.717) is 25.8 Å².